The van der Waals surface area contributed by atoms with Crippen LogP contribution in [0.2, 0.25) is 0 Å². The Kier molecular flexibility index (Phi) is 5.59. The van der Waals surface area contributed by atoms with Crippen LogP contribution in [-0.2, 0) is 11.2 Å². The number of hydrogen-bond acceptors (Lipinski definition) is 4. The van der Waals surface area contributed by atoms with Crippen molar-refractivity contribution in [1.29, 1.82) is 0 Å². The molecule has 21 heavy (non-hydrogen) atoms. The molecule has 112 valence electrons. The molecule has 1 aromatic heterocycles. The van der Waals surface area contributed by atoms with Crippen LogP contribution < -0.4 is 0 Å². The smallest absolute Gasteiger partial charge is 0.338 e. The van der Waals surface area contributed by atoms with E-state index in [0.29, 0.717) is 5.56 Å². The molecule has 4 heteroatoms. The Labute approximate surface area is 126 Å². The van der Waals surface area contributed by atoms with Crippen LogP contribution in [0.3, 0.4) is 0 Å². The Morgan fingerprint density at radius 2 is 1.86 bits per heavy atom. The summed E-state index contributed by atoms with van der Waals surface area (Å²) in [5.41, 5.74) is 6.00. The second-order valence-electron chi connectivity index (χ2n) is 4.38. The van der Waals surface area contributed by atoms with Gasteiger partial charge in [0.05, 0.1) is 25.1 Å². The number of aryl methyl sites for hydroxylation is 1. The van der Waals surface area contributed by atoms with Gasteiger partial charge in [-0.05, 0) is 29.7 Å². The number of benzene rings is 1. The molecule has 0 saturated heterocycles. The van der Waals surface area contributed by atoms with Gasteiger partial charge in [0, 0.05) is 17.5 Å². The molecule has 0 spiro atoms. The fraction of sp³-hybridized carbons (Fsp3) is 0.353. The molecular formula is C17H22N2O2. The summed E-state index contributed by atoms with van der Waals surface area (Å²) in [5, 5.41) is 7.81. The van der Waals surface area contributed by atoms with E-state index < -0.39 is 0 Å². The molecular weight excluding hydrogens is 264 g/mol. The number of carbonyl (C=O) groups is 1. The Morgan fingerprint density at radius 1 is 1.19 bits per heavy atom. The van der Waals surface area contributed by atoms with Crippen molar-refractivity contribution in [2.75, 3.05) is 7.11 Å². The van der Waals surface area contributed by atoms with E-state index in [9.17, 15) is 4.79 Å². The van der Waals surface area contributed by atoms with Gasteiger partial charge in [-0.2, -0.15) is 10.2 Å². The minimum Gasteiger partial charge on any atom is -0.465 e. The predicted molar refractivity (Wildman–Crippen MR) is 84.4 cm³/mol. The lowest BCUT2D eigenvalue weighted by Gasteiger charge is -2.09. The van der Waals surface area contributed by atoms with E-state index in [1.165, 1.54) is 18.2 Å². The lowest BCUT2D eigenvalue weighted by molar-refractivity contribution is 0.0601. The SMILES string of the molecule is C.CC.COC(=O)c1ccc(C)c2c1-c1cnncc1C2. The van der Waals surface area contributed by atoms with Crippen molar-refractivity contribution >= 4 is 5.97 Å². The molecule has 0 atom stereocenters. The molecule has 0 amide bonds. The quantitative estimate of drug-likeness (QED) is 0.638. The summed E-state index contributed by atoms with van der Waals surface area (Å²) in [5.74, 6) is -0.309. The van der Waals surface area contributed by atoms with Crippen molar-refractivity contribution in [3.8, 4) is 11.1 Å². The van der Waals surface area contributed by atoms with Crippen molar-refractivity contribution in [1.82, 2.24) is 10.2 Å². The normalized spacial score (nSPS) is 10.5. The van der Waals surface area contributed by atoms with Crippen molar-refractivity contribution < 1.29 is 9.53 Å². The molecule has 2 aromatic rings. The molecule has 1 aliphatic carbocycles. The number of ether oxygens (including phenoxy) is 1. The Hall–Kier alpha value is -2.23. The molecule has 0 radical (unpaired) electrons. The Morgan fingerprint density at radius 3 is 2.52 bits per heavy atom. The highest BCUT2D eigenvalue weighted by Gasteiger charge is 2.26. The van der Waals surface area contributed by atoms with E-state index in [1.54, 1.807) is 12.4 Å². The highest BCUT2D eigenvalue weighted by Crippen LogP contribution is 2.39. The Bertz CT molecular complexity index is 651. The molecule has 0 bridgehead atoms. The van der Waals surface area contributed by atoms with Crippen LogP contribution in [0.5, 0.6) is 0 Å². The number of esters is 1. The van der Waals surface area contributed by atoms with E-state index in [0.717, 1.165) is 23.1 Å². The van der Waals surface area contributed by atoms with Gasteiger partial charge in [-0.15, -0.1) is 0 Å². The minimum atomic E-state index is -0.309. The van der Waals surface area contributed by atoms with Crippen LogP contribution in [0.4, 0.5) is 0 Å². The van der Waals surface area contributed by atoms with E-state index >= 15 is 0 Å². The largest absolute Gasteiger partial charge is 0.465 e. The topological polar surface area (TPSA) is 52.1 Å². The van der Waals surface area contributed by atoms with Crippen LogP contribution in [0, 0.1) is 6.92 Å². The molecule has 0 N–H and O–H groups in total. The second-order valence-corrected chi connectivity index (χ2v) is 4.38. The van der Waals surface area contributed by atoms with E-state index in [2.05, 4.69) is 10.2 Å². The van der Waals surface area contributed by atoms with Gasteiger partial charge in [-0.25, -0.2) is 4.79 Å². The molecule has 3 rings (SSSR count). The van der Waals surface area contributed by atoms with Gasteiger partial charge >= 0.3 is 5.97 Å². The van der Waals surface area contributed by atoms with Gasteiger partial charge in [-0.1, -0.05) is 27.3 Å². The first kappa shape index (κ1) is 16.8. The van der Waals surface area contributed by atoms with Crippen LogP contribution in [0.25, 0.3) is 11.1 Å². The first-order valence-electron chi connectivity index (χ1n) is 6.73. The monoisotopic (exact) mass is 286 g/mol. The fourth-order valence-corrected chi connectivity index (χ4v) is 2.47. The van der Waals surface area contributed by atoms with Crippen molar-refractivity contribution in [2.45, 2.75) is 34.6 Å². The third kappa shape index (κ3) is 2.79. The van der Waals surface area contributed by atoms with Gasteiger partial charge in [0.1, 0.15) is 0 Å². The van der Waals surface area contributed by atoms with Crippen molar-refractivity contribution in [3.05, 3.63) is 46.8 Å². The van der Waals surface area contributed by atoms with Crippen molar-refractivity contribution in [2.24, 2.45) is 0 Å². The molecule has 1 aliphatic rings. The fourth-order valence-electron chi connectivity index (χ4n) is 2.47. The van der Waals surface area contributed by atoms with Gasteiger partial charge < -0.3 is 4.74 Å². The van der Waals surface area contributed by atoms with Crippen molar-refractivity contribution in [3.63, 3.8) is 0 Å². The Balaban J connectivity index is 0.000000706. The molecule has 0 fully saturated rings. The number of nitrogens with zero attached hydrogens (tertiary/aromatic N) is 2. The molecule has 0 unspecified atom stereocenters. The van der Waals surface area contributed by atoms with Gasteiger partial charge in [-0.3, -0.25) is 0 Å². The number of rotatable bonds is 1. The van der Waals surface area contributed by atoms with Gasteiger partial charge in [0.2, 0.25) is 0 Å². The third-order valence-corrected chi connectivity index (χ3v) is 3.40. The molecule has 1 heterocycles. The highest BCUT2D eigenvalue weighted by atomic mass is 16.5. The molecule has 0 saturated carbocycles. The lowest BCUT2D eigenvalue weighted by Crippen LogP contribution is -2.04. The first-order valence-corrected chi connectivity index (χ1v) is 6.73. The molecule has 1 aromatic carbocycles. The number of fused-ring (bicyclic) bond motifs is 3. The van der Waals surface area contributed by atoms with Gasteiger partial charge in [0.15, 0.2) is 0 Å². The third-order valence-electron chi connectivity index (χ3n) is 3.40. The summed E-state index contributed by atoms with van der Waals surface area (Å²) in [7, 11) is 1.40. The summed E-state index contributed by atoms with van der Waals surface area (Å²) >= 11 is 0. The summed E-state index contributed by atoms with van der Waals surface area (Å²) < 4.78 is 4.84. The number of carbonyl (C=O) groups excluding carboxylic acids is 1. The standard InChI is InChI=1S/C14H12N2O2.C2H6.CH4/c1-8-3-4-10(14(17)18-2)13-11(8)5-9-6-15-16-7-12(9)13;1-2;/h3-4,6-7H,5H2,1-2H3;1-2H3;1H4. The number of methoxy groups -OCH3 is 1. The zero-order chi connectivity index (χ0) is 14.7. The van der Waals surface area contributed by atoms with Crippen LogP contribution in [-0.4, -0.2) is 23.3 Å². The van der Waals surface area contributed by atoms with E-state index in [1.807, 2.05) is 32.9 Å². The van der Waals surface area contributed by atoms with Crippen LogP contribution >= 0.6 is 0 Å². The maximum Gasteiger partial charge on any atom is 0.338 e. The average molecular weight is 286 g/mol. The maximum absolute atomic E-state index is 11.8. The number of aromatic nitrogens is 2. The minimum absolute atomic E-state index is 0. The highest BCUT2D eigenvalue weighted by molar-refractivity contribution is 6.00. The number of hydrogen-bond donors (Lipinski definition) is 0. The molecule has 4 nitrogen and oxygen atoms in total. The average Bonchev–Trinajstić information content (AvgIpc) is 2.90. The maximum atomic E-state index is 11.8. The first-order chi connectivity index (χ1) is 9.72. The predicted octanol–water partition coefficient (Wildman–Crippen LogP) is 3.81. The van der Waals surface area contributed by atoms with Crippen LogP contribution in [0.1, 0.15) is 48.3 Å². The van der Waals surface area contributed by atoms with Gasteiger partial charge in [0.25, 0.3) is 0 Å². The second kappa shape index (κ2) is 6.97. The summed E-state index contributed by atoms with van der Waals surface area (Å²) in [6.45, 7) is 6.05. The zero-order valence-electron chi connectivity index (χ0n) is 12.2. The molecule has 0 aliphatic heterocycles. The summed E-state index contributed by atoms with van der Waals surface area (Å²) in [6.07, 6.45) is 4.28. The van der Waals surface area contributed by atoms with Crippen LogP contribution in [0.15, 0.2) is 24.5 Å². The summed E-state index contributed by atoms with van der Waals surface area (Å²) in [4.78, 5) is 11.8. The van der Waals surface area contributed by atoms with E-state index in [4.69, 9.17) is 4.74 Å². The summed E-state index contributed by atoms with van der Waals surface area (Å²) in [6, 6.07) is 3.77. The lowest BCUT2D eigenvalue weighted by atomic mass is 9.97. The zero-order valence-corrected chi connectivity index (χ0v) is 12.2. The van der Waals surface area contributed by atoms with E-state index in [-0.39, 0.29) is 13.4 Å².